The van der Waals surface area contributed by atoms with E-state index in [1.165, 1.54) is 25.5 Å². The van der Waals surface area contributed by atoms with Gasteiger partial charge < -0.3 is 5.32 Å². The highest BCUT2D eigenvalue weighted by molar-refractivity contribution is 8.00. The van der Waals surface area contributed by atoms with Gasteiger partial charge in [-0.1, -0.05) is 13.3 Å². The number of sulfone groups is 1. The van der Waals surface area contributed by atoms with Crippen LogP contribution >= 0.6 is 11.8 Å². The molecule has 0 heterocycles. The van der Waals surface area contributed by atoms with Crippen molar-refractivity contribution in [2.24, 2.45) is 0 Å². The van der Waals surface area contributed by atoms with Crippen molar-refractivity contribution >= 4 is 21.6 Å². The predicted molar refractivity (Wildman–Crippen MR) is 74.0 cm³/mol. The highest BCUT2D eigenvalue weighted by Gasteiger charge is 2.02. The summed E-state index contributed by atoms with van der Waals surface area (Å²) < 4.78 is 21.7. The normalized spacial score (nSPS) is 13.9. The zero-order valence-electron chi connectivity index (χ0n) is 10.7. The summed E-state index contributed by atoms with van der Waals surface area (Å²) in [7, 11) is -2.77. The molecule has 0 fully saturated rings. The summed E-state index contributed by atoms with van der Waals surface area (Å²) in [5.41, 5.74) is 0. The minimum atomic E-state index is -2.77. The fraction of sp³-hybridized carbons (Fsp3) is 1.00. The van der Waals surface area contributed by atoms with E-state index in [-0.39, 0.29) is 0 Å². The van der Waals surface area contributed by atoms with E-state index < -0.39 is 9.84 Å². The standard InChI is InChI=1S/C11H25NO2S2/c1-4-12-11(2)7-5-6-8-15-9-10-16(3,13)14/h11-12H,4-10H2,1-3H3. The van der Waals surface area contributed by atoms with Crippen molar-refractivity contribution in [2.75, 3.05) is 30.1 Å². The van der Waals surface area contributed by atoms with Gasteiger partial charge in [0, 0.05) is 18.1 Å². The lowest BCUT2D eigenvalue weighted by Gasteiger charge is -2.11. The summed E-state index contributed by atoms with van der Waals surface area (Å²) in [4.78, 5) is 0. The minimum absolute atomic E-state index is 0.311. The van der Waals surface area contributed by atoms with Gasteiger partial charge >= 0.3 is 0 Å². The van der Waals surface area contributed by atoms with Gasteiger partial charge in [-0.05, 0) is 32.1 Å². The molecule has 0 aliphatic carbocycles. The van der Waals surface area contributed by atoms with Crippen LogP contribution in [-0.2, 0) is 9.84 Å². The molecule has 0 aromatic carbocycles. The summed E-state index contributed by atoms with van der Waals surface area (Å²) in [5.74, 6) is 2.13. The predicted octanol–water partition coefficient (Wildman–Crippen LogP) is 1.93. The second kappa shape index (κ2) is 9.31. The molecule has 0 aliphatic rings. The Hall–Kier alpha value is 0.260. The van der Waals surface area contributed by atoms with Crippen LogP contribution < -0.4 is 5.32 Å². The van der Waals surface area contributed by atoms with E-state index in [0.29, 0.717) is 11.8 Å². The van der Waals surface area contributed by atoms with Crippen molar-refractivity contribution in [3.05, 3.63) is 0 Å². The molecule has 0 bridgehead atoms. The molecule has 98 valence electrons. The molecule has 16 heavy (non-hydrogen) atoms. The zero-order valence-corrected chi connectivity index (χ0v) is 12.3. The van der Waals surface area contributed by atoms with Gasteiger partial charge in [0.25, 0.3) is 0 Å². The molecule has 0 aliphatic heterocycles. The first-order valence-corrected chi connectivity index (χ1v) is 9.16. The SMILES string of the molecule is CCNC(C)CCCCSCCS(C)(=O)=O. The maximum Gasteiger partial charge on any atom is 0.148 e. The molecular formula is C11H25NO2S2. The van der Waals surface area contributed by atoms with Crippen LogP contribution in [0.5, 0.6) is 0 Å². The second-order valence-electron chi connectivity index (χ2n) is 4.20. The molecule has 0 spiro atoms. The fourth-order valence-corrected chi connectivity index (χ4v) is 3.71. The first-order valence-electron chi connectivity index (χ1n) is 5.94. The Labute approximate surface area is 105 Å². The average molecular weight is 267 g/mol. The molecule has 0 saturated carbocycles. The fourth-order valence-electron chi connectivity index (χ4n) is 1.42. The maximum atomic E-state index is 10.9. The molecule has 1 N–H and O–H groups in total. The molecule has 0 aromatic heterocycles. The van der Waals surface area contributed by atoms with Crippen molar-refractivity contribution in [1.82, 2.24) is 5.32 Å². The summed E-state index contributed by atoms with van der Waals surface area (Å²) in [6.07, 6.45) is 4.91. The first kappa shape index (κ1) is 16.3. The third-order valence-electron chi connectivity index (χ3n) is 2.33. The number of nitrogens with one attached hydrogen (secondary N) is 1. The van der Waals surface area contributed by atoms with Crippen LogP contribution in [0, 0.1) is 0 Å². The van der Waals surface area contributed by atoms with Crippen LogP contribution in [0.2, 0.25) is 0 Å². The molecule has 0 aromatic rings. The minimum Gasteiger partial charge on any atom is -0.315 e. The molecule has 1 atom stereocenters. The van der Waals surface area contributed by atoms with E-state index >= 15 is 0 Å². The van der Waals surface area contributed by atoms with Crippen LogP contribution in [0.1, 0.15) is 33.1 Å². The van der Waals surface area contributed by atoms with Crippen molar-refractivity contribution in [3.63, 3.8) is 0 Å². The van der Waals surface area contributed by atoms with E-state index in [9.17, 15) is 8.42 Å². The quantitative estimate of drug-likeness (QED) is 0.614. The Kier molecular flexibility index (Phi) is 9.46. The molecule has 3 nitrogen and oxygen atoms in total. The largest absolute Gasteiger partial charge is 0.315 e. The summed E-state index contributed by atoms with van der Waals surface area (Å²) in [6.45, 7) is 5.36. The molecule has 0 amide bonds. The van der Waals surface area contributed by atoms with Crippen molar-refractivity contribution in [3.8, 4) is 0 Å². The number of unbranched alkanes of at least 4 members (excludes halogenated alkanes) is 1. The number of hydrogen-bond acceptors (Lipinski definition) is 4. The van der Waals surface area contributed by atoms with Gasteiger partial charge in [0.1, 0.15) is 9.84 Å². The molecule has 1 unspecified atom stereocenters. The number of rotatable bonds is 10. The smallest absolute Gasteiger partial charge is 0.148 e. The topological polar surface area (TPSA) is 46.2 Å². The summed E-state index contributed by atoms with van der Waals surface area (Å²) in [5, 5.41) is 3.38. The van der Waals surface area contributed by atoms with E-state index in [4.69, 9.17) is 0 Å². The lowest BCUT2D eigenvalue weighted by molar-refractivity contribution is 0.510. The third kappa shape index (κ3) is 12.3. The zero-order chi connectivity index (χ0) is 12.4. The van der Waals surface area contributed by atoms with Crippen molar-refractivity contribution in [1.29, 1.82) is 0 Å². The van der Waals surface area contributed by atoms with Gasteiger partial charge in [-0.25, -0.2) is 8.42 Å². The Morgan fingerprint density at radius 1 is 1.25 bits per heavy atom. The lowest BCUT2D eigenvalue weighted by atomic mass is 10.1. The Morgan fingerprint density at radius 2 is 1.94 bits per heavy atom. The monoisotopic (exact) mass is 267 g/mol. The van der Waals surface area contributed by atoms with E-state index in [1.54, 1.807) is 11.8 Å². The van der Waals surface area contributed by atoms with E-state index in [2.05, 4.69) is 19.2 Å². The van der Waals surface area contributed by atoms with Gasteiger partial charge in [0.2, 0.25) is 0 Å². The van der Waals surface area contributed by atoms with Crippen LogP contribution in [-0.4, -0.2) is 44.5 Å². The van der Waals surface area contributed by atoms with Crippen molar-refractivity contribution < 1.29 is 8.42 Å². The summed E-state index contributed by atoms with van der Waals surface area (Å²) >= 11 is 1.75. The van der Waals surface area contributed by atoms with Crippen LogP contribution in [0.15, 0.2) is 0 Å². The van der Waals surface area contributed by atoms with Crippen LogP contribution in [0.4, 0.5) is 0 Å². The van der Waals surface area contributed by atoms with Gasteiger partial charge in [-0.2, -0.15) is 11.8 Å². The Bertz CT molecular complexity index is 253. The van der Waals surface area contributed by atoms with E-state index in [1.807, 2.05) is 0 Å². The second-order valence-corrected chi connectivity index (χ2v) is 7.68. The molecule has 5 heteroatoms. The van der Waals surface area contributed by atoms with Crippen LogP contribution in [0.25, 0.3) is 0 Å². The van der Waals surface area contributed by atoms with Crippen LogP contribution in [0.3, 0.4) is 0 Å². The first-order chi connectivity index (χ1) is 7.45. The number of thioether (sulfide) groups is 1. The maximum absolute atomic E-state index is 10.9. The highest BCUT2D eigenvalue weighted by Crippen LogP contribution is 2.08. The molecule has 0 radical (unpaired) electrons. The summed E-state index contributed by atoms with van der Waals surface area (Å²) in [6, 6.07) is 0.603. The van der Waals surface area contributed by atoms with Gasteiger partial charge in [0.15, 0.2) is 0 Å². The van der Waals surface area contributed by atoms with Gasteiger partial charge in [-0.3, -0.25) is 0 Å². The van der Waals surface area contributed by atoms with Gasteiger partial charge in [-0.15, -0.1) is 0 Å². The molecular weight excluding hydrogens is 242 g/mol. The highest BCUT2D eigenvalue weighted by atomic mass is 32.2. The molecule has 0 rings (SSSR count). The lowest BCUT2D eigenvalue weighted by Crippen LogP contribution is -2.25. The van der Waals surface area contributed by atoms with E-state index in [0.717, 1.165) is 18.1 Å². The van der Waals surface area contributed by atoms with Gasteiger partial charge in [0.05, 0.1) is 5.75 Å². The number of hydrogen-bond donors (Lipinski definition) is 1. The average Bonchev–Trinajstić information content (AvgIpc) is 2.15. The molecule has 0 saturated heterocycles. The van der Waals surface area contributed by atoms with Crippen molar-refractivity contribution in [2.45, 2.75) is 39.2 Å². The third-order valence-corrected chi connectivity index (χ3v) is 4.60. The Balaban J connectivity index is 3.22. The Morgan fingerprint density at radius 3 is 2.50 bits per heavy atom.